The van der Waals surface area contributed by atoms with Crippen LogP contribution in [0.5, 0.6) is 11.5 Å². The van der Waals surface area contributed by atoms with Gasteiger partial charge in [0.25, 0.3) is 0 Å². The van der Waals surface area contributed by atoms with Gasteiger partial charge in [0.1, 0.15) is 5.75 Å². The number of hydrogen-bond donors (Lipinski definition) is 0. The largest absolute Gasteiger partial charge is 0.450 e. The van der Waals surface area contributed by atoms with Crippen molar-refractivity contribution >= 4 is 21.6 Å². The molecule has 4 nitrogen and oxygen atoms in total. The van der Waals surface area contributed by atoms with E-state index in [9.17, 15) is 10.1 Å². The average molecular weight is 322 g/mol. The minimum Gasteiger partial charge on any atom is -0.450 e. The summed E-state index contributed by atoms with van der Waals surface area (Å²) >= 11 is 3.40. The normalized spacial score (nSPS) is 10.3. The van der Waals surface area contributed by atoms with E-state index in [-0.39, 0.29) is 11.4 Å². The number of rotatable bonds is 3. The average Bonchev–Trinajstić information content (AvgIpc) is 2.33. The molecule has 0 radical (unpaired) electrons. The van der Waals surface area contributed by atoms with Crippen LogP contribution in [0.2, 0.25) is 0 Å². The van der Waals surface area contributed by atoms with Crippen LogP contribution in [0.3, 0.4) is 0 Å². The van der Waals surface area contributed by atoms with Crippen molar-refractivity contribution in [1.29, 1.82) is 0 Å². The second-order valence-corrected chi connectivity index (χ2v) is 5.10. The van der Waals surface area contributed by atoms with Gasteiger partial charge in [-0.25, -0.2) is 0 Å². The Labute approximate surface area is 119 Å². The first-order chi connectivity index (χ1) is 8.97. The number of nitro groups is 1. The van der Waals surface area contributed by atoms with Crippen LogP contribution in [-0.2, 0) is 0 Å². The van der Waals surface area contributed by atoms with E-state index in [4.69, 9.17) is 4.74 Å². The molecule has 0 spiro atoms. The number of ether oxygens (including phenoxy) is 1. The van der Waals surface area contributed by atoms with E-state index >= 15 is 0 Å². The number of nitro benzene ring substituents is 1. The molecule has 0 aromatic heterocycles. The van der Waals surface area contributed by atoms with E-state index in [1.807, 2.05) is 26.0 Å². The molecule has 2 aromatic carbocycles. The maximum Gasteiger partial charge on any atom is 0.311 e. The van der Waals surface area contributed by atoms with Crippen LogP contribution in [0.4, 0.5) is 5.69 Å². The lowest BCUT2D eigenvalue weighted by atomic mass is 10.2. The molecular formula is C14H12BrNO3. The van der Waals surface area contributed by atoms with Crippen molar-refractivity contribution in [2.45, 2.75) is 13.8 Å². The van der Waals surface area contributed by atoms with Crippen LogP contribution in [0.1, 0.15) is 11.1 Å². The number of aryl methyl sites for hydroxylation is 2. The Bertz CT molecular complexity index is 641. The van der Waals surface area contributed by atoms with Gasteiger partial charge in [-0.1, -0.05) is 22.0 Å². The van der Waals surface area contributed by atoms with Gasteiger partial charge >= 0.3 is 5.69 Å². The monoisotopic (exact) mass is 321 g/mol. The number of halogens is 1. The molecule has 2 rings (SSSR count). The third kappa shape index (κ3) is 3.12. The van der Waals surface area contributed by atoms with E-state index in [1.54, 1.807) is 18.2 Å². The Hall–Kier alpha value is -1.88. The molecule has 0 bridgehead atoms. The van der Waals surface area contributed by atoms with Crippen molar-refractivity contribution in [2.75, 3.05) is 0 Å². The molecule has 2 aromatic rings. The highest BCUT2D eigenvalue weighted by Gasteiger charge is 2.15. The van der Waals surface area contributed by atoms with Gasteiger partial charge in [0.15, 0.2) is 0 Å². The van der Waals surface area contributed by atoms with Gasteiger partial charge in [0.2, 0.25) is 5.75 Å². The first-order valence-corrected chi connectivity index (χ1v) is 6.46. The van der Waals surface area contributed by atoms with Crippen molar-refractivity contribution in [3.8, 4) is 11.5 Å². The SMILES string of the molecule is Cc1ccc([N+](=O)[O-])c(Oc2ccc(Br)c(C)c2)c1. The van der Waals surface area contributed by atoms with E-state index in [1.165, 1.54) is 6.07 Å². The Balaban J connectivity index is 2.39. The summed E-state index contributed by atoms with van der Waals surface area (Å²) in [6.07, 6.45) is 0. The summed E-state index contributed by atoms with van der Waals surface area (Å²) in [5.74, 6) is 0.834. The third-order valence-electron chi connectivity index (χ3n) is 2.67. The summed E-state index contributed by atoms with van der Waals surface area (Å²) in [4.78, 5) is 10.5. The van der Waals surface area contributed by atoms with Gasteiger partial charge in [-0.15, -0.1) is 0 Å². The van der Waals surface area contributed by atoms with Crippen LogP contribution >= 0.6 is 15.9 Å². The summed E-state index contributed by atoms with van der Waals surface area (Å²) in [5, 5.41) is 11.0. The molecule has 0 saturated carbocycles. The second-order valence-electron chi connectivity index (χ2n) is 4.24. The summed E-state index contributed by atoms with van der Waals surface area (Å²) in [6.45, 7) is 3.80. The summed E-state index contributed by atoms with van der Waals surface area (Å²) in [5.41, 5.74) is 1.88. The van der Waals surface area contributed by atoms with Crippen molar-refractivity contribution in [2.24, 2.45) is 0 Å². The molecule has 98 valence electrons. The zero-order chi connectivity index (χ0) is 14.0. The number of nitrogens with zero attached hydrogens (tertiary/aromatic N) is 1. The molecule has 0 N–H and O–H groups in total. The Morgan fingerprint density at radius 1 is 1.16 bits per heavy atom. The molecule has 0 aliphatic heterocycles. The molecule has 0 aliphatic carbocycles. The van der Waals surface area contributed by atoms with Crippen LogP contribution in [0.25, 0.3) is 0 Å². The van der Waals surface area contributed by atoms with Crippen LogP contribution in [0, 0.1) is 24.0 Å². The Morgan fingerprint density at radius 3 is 2.53 bits per heavy atom. The standard InChI is InChI=1S/C14H12BrNO3/c1-9-3-6-13(16(17)18)14(7-9)19-11-4-5-12(15)10(2)8-11/h3-8H,1-2H3. The lowest BCUT2D eigenvalue weighted by molar-refractivity contribution is -0.385. The minimum atomic E-state index is -0.444. The summed E-state index contributed by atoms with van der Waals surface area (Å²) in [7, 11) is 0. The lowest BCUT2D eigenvalue weighted by Crippen LogP contribution is -1.94. The second kappa shape index (κ2) is 5.40. The molecule has 0 heterocycles. The number of benzene rings is 2. The highest BCUT2D eigenvalue weighted by Crippen LogP contribution is 2.33. The van der Waals surface area contributed by atoms with E-state index in [0.717, 1.165) is 15.6 Å². The predicted octanol–water partition coefficient (Wildman–Crippen LogP) is 4.77. The topological polar surface area (TPSA) is 52.4 Å². The fourth-order valence-corrected chi connectivity index (χ4v) is 1.91. The summed E-state index contributed by atoms with van der Waals surface area (Å²) < 4.78 is 6.60. The maximum absolute atomic E-state index is 11.0. The molecular weight excluding hydrogens is 310 g/mol. The van der Waals surface area contributed by atoms with E-state index in [2.05, 4.69) is 15.9 Å². The van der Waals surface area contributed by atoms with Gasteiger partial charge in [-0.3, -0.25) is 10.1 Å². The lowest BCUT2D eigenvalue weighted by Gasteiger charge is -2.08. The minimum absolute atomic E-state index is 0.0360. The molecule has 0 aliphatic rings. The van der Waals surface area contributed by atoms with Gasteiger partial charge in [0.05, 0.1) is 4.92 Å². The predicted molar refractivity (Wildman–Crippen MR) is 76.8 cm³/mol. The van der Waals surface area contributed by atoms with E-state index in [0.29, 0.717) is 5.75 Å². The highest BCUT2D eigenvalue weighted by atomic mass is 79.9. The molecule has 0 unspecified atom stereocenters. The van der Waals surface area contributed by atoms with Crippen molar-refractivity contribution in [3.05, 3.63) is 62.1 Å². The fraction of sp³-hybridized carbons (Fsp3) is 0.143. The Morgan fingerprint density at radius 2 is 1.89 bits per heavy atom. The summed E-state index contributed by atoms with van der Waals surface area (Å²) in [6, 6.07) is 10.3. The molecule has 0 amide bonds. The van der Waals surface area contributed by atoms with Gasteiger partial charge in [-0.2, -0.15) is 0 Å². The quantitative estimate of drug-likeness (QED) is 0.604. The van der Waals surface area contributed by atoms with Gasteiger partial charge < -0.3 is 4.74 Å². The smallest absolute Gasteiger partial charge is 0.311 e. The zero-order valence-electron chi connectivity index (χ0n) is 10.5. The number of hydrogen-bond acceptors (Lipinski definition) is 3. The fourth-order valence-electron chi connectivity index (χ4n) is 1.66. The molecule has 0 saturated heterocycles. The molecule has 19 heavy (non-hydrogen) atoms. The molecule has 0 atom stereocenters. The zero-order valence-corrected chi connectivity index (χ0v) is 12.1. The van der Waals surface area contributed by atoms with Crippen molar-refractivity contribution < 1.29 is 9.66 Å². The van der Waals surface area contributed by atoms with Crippen molar-refractivity contribution in [3.63, 3.8) is 0 Å². The molecule has 5 heteroatoms. The van der Waals surface area contributed by atoms with Gasteiger partial charge in [0, 0.05) is 10.5 Å². The maximum atomic E-state index is 11.0. The first-order valence-electron chi connectivity index (χ1n) is 5.66. The Kier molecular flexibility index (Phi) is 3.85. The first kappa shape index (κ1) is 13.5. The van der Waals surface area contributed by atoms with Crippen LogP contribution in [-0.4, -0.2) is 4.92 Å². The van der Waals surface area contributed by atoms with E-state index < -0.39 is 4.92 Å². The van der Waals surface area contributed by atoms with Gasteiger partial charge in [-0.05, 0) is 49.2 Å². The third-order valence-corrected chi connectivity index (χ3v) is 3.56. The molecule has 0 fully saturated rings. The van der Waals surface area contributed by atoms with Crippen molar-refractivity contribution in [1.82, 2.24) is 0 Å². The van der Waals surface area contributed by atoms with Crippen LogP contribution < -0.4 is 4.74 Å². The van der Waals surface area contributed by atoms with Crippen LogP contribution in [0.15, 0.2) is 40.9 Å². The highest BCUT2D eigenvalue weighted by molar-refractivity contribution is 9.10.